The van der Waals surface area contributed by atoms with Crippen LogP contribution >= 0.6 is 0 Å². The van der Waals surface area contributed by atoms with Gasteiger partial charge in [0, 0.05) is 19.1 Å². The number of rotatable bonds is 3. The highest BCUT2D eigenvalue weighted by molar-refractivity contribution is 4.81. The summed E-state index contributed by atoms with van der Waals surface area (Å²) in [6.07, 6.45) is 2.02. The molecule has 3 heteroatoms. The van der Waals surface area contributed by atoms with Crippen molar-refractivity contribution < 1.29 is 5.11 Å². The van der Waals surface area contributed by atoms with Crippen molar-refractivity contribution in [1.82, 2.24) is 4.90 Å². The summed E-state index contributed by atoms with van der Waals surface area (Å²) < 4.78 is 0. The molecule has 0 saturated carbocycles. The first kappa shape index (κ1) is 12.0. The van der Waals surface area contributed by atoms with E-state index in [0.717, 1.165) is 26.1 Å². The molecule has 3 N–H and O–H groups in total. The highest BCUT2D eigenvalue weighted by atomic mass is 16.3. The number of nitrogens with two attached hydrogens (primary N) is 1. The van der Waals surface area contributed by atoms with E-state index in [4.69, 9.17) is 5.73 Å². The Hall–Kier alpha value is -0.120. The molecule has 0 amide bonds. The molecule has 0 bridgehead atoms. The Morgan fingerprint density at radius 3 is 2.64 bits per heavy atom. The van der Waals surface area contributed by atoms with Crippen molar-refractivity contribution in [1.29, 1.82) is 0 Å². The second-order valence-electron chi connectivity index (χ2n) is 5.29. The Kier molecular flexibility index (Phi) is 3.93. The van der Waals surface area contributed by atoms with Crippen LogP contribution in [0.2, 0.25) is 0 Å². The third-order valence-electron chi connectivity index (χ3n) is 3.14. The summed E-state index contributed by atoms with van der Waals surface area (Å²) in [6.45, 7) is 9.02. The number of piperidine rings is 1. The van der Waals surface area contributed by atoms with Crippen molar-refractivity contribution in [2.75, 3.05) is 19.6 Å². The lowest BCUT2D eigenvalue weighted by atomic mass is 9.93. The average Bonchev–Trinajstić information content (AvgIpc) is 2.06. The van der Waals surface area contributed by atoms with Gasteiger partial charge in [-0.15, -0.1) is 0 Å². The van der Waals surface area contributed by atoms with Crippen LogP contribution in [0.15, 0.2) is 0 Å². The fourth-order valence-electron chi connectivity index (χ4n) is 1.80. The normalized spacial score (nSPS) is 30.6. The summed E-state index contributed by atoms with van der Waals surface area (Å²) in [4.78, 5) is 2.36. The standard InChI is InChI=1S/C11H24N2O/c1-9-4-6-13(8-10(9)12)7-5-11(2,3)14/h9-10,14H,4-8,12H2,1-3H3. The summed E-state index contributed by atoms with van der Waals surface area (Å²) >= 11 is 0. The van der Waals surface area contributed by atoms with Crippen LogP contribution in [0.3, 0.4) is 0 Å². The topological polar surface area (TPSA) is 49.5 Å². The maximum atomic E-state index is 9.61. The van der Waals surface area contributed by atoms with Gasteiger partial charge >= 0.3 is 0 Å². The highest BCUT2D eigenvalue weighted by Gasteiger charge is 2.24. The molecule has 2 unspecified atom stereocenters. The maximum absolute atomic E-state index is 9.61. The Bertz CT molecular complexity index is 177. The van der Waals surface area contributed by atoms with E-state index < -0.39 is 5.60 Å². The van der Waals surface area contributed by atoms with Gasteiger partial charge in [0.2, 0.25) is 0 Å². The van der Waals surface area contributed by atoms with Crippen LogP contribution in [-0.2, 0) is 0 Å². The number of aliphatic hydroxyl groups is 1. The van der Waals surface area contributed by atoms with Gasteiger partial charge in [-0.3, -0.25) is 0 Å². The molecule has 0 aromatic heterocycles. The van der Waals surface area contributed by atoms with Crippen LogP contribution in [0.4, 0.5) is 0 Å². The zero-order valence-corrected chi connectivity index (χ0v) is 9.66. The molecule has 3 nitrogen and oxygen atoms in total. The summed E-state index contributed by atoms with van der Waals surface area (Å²) in [6, 6.07) is 0.311. The van der Waals surface area contributed by atoms with Crippen molar-refractivity contribution in [3.05, 3.63) is 0 Å². The van der Waals surface area contributed by atoms with Crippen LogP contribution in [0.1, 0.15) is 33.6 Å². The summed E-state index contributed by atoms with van der Waals surface area (Å²) in [5.74, 6) is 0.647. The summed E-state index contributed by atoms with van der Waals surface area (Å²) in [7, 11) is 0. The first-order valence-corrected chi connectivity index (χ1v) is 5.59. The van der Waals surface area contributed by atoms with E-state index in [-0.39, 0.29) is 0 Å². The van der Waals surface area contributed by atoms with Gasteiger partial charge in [0.15, 0.2) is 0 Å². The minimum Gasteiger partial charge on any atom is -0.390 e. The third-order valence-corrected chi connectivity index (χ3v) is 3.14. The second-order valence-corrected chi connectivity index (χ2v) is 5.29. The van der Waals surface area contributed by atoms with Gasteiger partial charge in [-0.2, -0.15) is 0 Å². The first-order chi connectivity index (χ1) is 6.38. The maximum Gasteiger partial charge on any atom is 0.0603 e. The van der Waals surface area contributed by atoms with Gasteiger partial charge in [0.25, 0.3) is 0 Å². The quantitative estimate of drug-likeness (QED) is 0.709. The van der Waals surface area contributed by atoms with Gasteiger partial charge in [0.05, 0.1) is 5.60 Å². The van der Waals surface area contributed by atoms with E-state index >= 15 is 0 Å². The van der Waals surface area contributed by atoms with E-state index in [1.165, 1.54) is 6.42 Å². The SMILES string of the molecule is CC1CCN(CCC(C)(C)O)CC1N. The lowest BCUT2D eigenvalue weighted by molar-refractivity contribution is 0.0505. The number of hydrogen-bond donors (Lipinski definition) is 2. The minimum absolute atomic E-state index is 0.311. The van der Waals surface area contributed by atoms with Gasteiger partial charge in [0.1, 0.15) is 0 Å². The second kappa shape index (κ2) is 4.60. The third kappa shape index (κ3) is 3.95. The highest BCUT2D eigenvalue weighted by Crippen LogP contribution is 2.17. The molecule has 2 atom stereocenters. The van der Waals surface area contributed by atoms with Crippen LogP contribution < -0.4 is 5.73 Å². The molecule has 0 spiro atoms. The molecule has 1 saturated heterocycles. The molecule has 1 rings (SSSR count). The molecular weight excluding hydrogens is 176 g/mol. The molecule has 0 aromatic rings. The molecule has 0 aromatic carbocycles. The zero-order chi connectivity index (χ0) is 10.8. The number of likely N-dealkylation sites (tertiary alicyclic amines) is 1. The molecule has 1 heterocycles. The van der Waals surface area contributed by atoms with Crippen molar-refractivity contribution >= 4 is 0 Å². The van der Waals surface area contributed by atoms with E-state index in [9.17, 15) is 5.11 Å². The van der Waals surface area contributed by atoms with Crippen molar-refractivity contribution in [3.63, 3.8) is 0 Å². The summed E-state index contributed by atoms with van der Waals surface area (Å²) in [5, 5.41) is 9.61. The smallest absolute Gasteiger partial charge is 0.0603 e. The number of nitrogens with zero attached hydrogens (tertiary/aromatic N) is 1. The van der Waals surface area contributed by atoms with Gasteiger partial charge in [-0.05, 0) is 39.2 Å². The lowest BCUT2D eigenvalue weighted by Crippen LogP contribution is -2.48. The largest absolute Gasteiger partial charge is 0.390 e. The fraction of sp³-hybridized carbons (Fsp3) is 1.00. The molecule has 14 heavy (non-hydrogen) atoms. The van der Waals surface area contributed by atoms with Crippen LogP contribution in [0, 0.1) is 5.92 Å². The fourth-order valence-corrected chi connectivity index (χ4v) is 1.80. The van der Waals surface area contributed by atoms with Gasteiger partial charge in [-0.25, -0.2) is 0 Å². The van der Waals surface area contributed by atoms with Crippen molar-refractivity contribution in [2.45, 2.75) is 45.3 Å². The van der Waals surface area contributed by atoms with E-state index in [1.54, 1.807) is 0 Å². The van der Waals surface area contributed by atoms with Crippen LogP contribution in [0.25, 0.3) is 0 Å². The van der Waals surface area contributed by atoms with E-state index in [2.05, 4.69) is 11.8 Å². The zero-order valence-electron chi connectivity index (χ0n) is 9.66. The first-order valence-electron chi connectivity index (χ1n) is 5.59. The predicted molar refractivity (Wildman–Crippen MR) is 59.1 cm³/mol. The minimum atomic E-state index is -0.548. The Morgan fingerprint density at radius 2 is 2.14 bits per heavy atom. The van der Waals surface area contributed by atoms with Crippen LogP contribution in [0.5, 0.6) is 0 Å². The number of hydrogen-bond acceptors (Lipinski definition) is 3. The Balaban J connectivity index is 2.27. The monoisotopic (exact) mass is 200 g/mol. The van der Waals surface area contributed by atoms with E-state index in [1.807, 2.05) is 13.8 Å². The molecule has 1 aliphatic heterocycles. The lowest BCUT2D eigenvalue weighted by Gasteiger charge is -2.36. The molecule has 1 aliphatic rings. The molecule has 0 radical (unpaired) electrons. The molecule has 0 aliphatic carbocycles. The molecule has 84 valence electrons. The molecule has 1 fully saturated rings. The molecular formula is C11H24N2O. The Morgan fingerprint density at radius 1 is 1.50 bits per heavy atom. The van der Waals surface area contributed by atoms with Crippen molar-refractivity contribution in [2.24, 2.45) is 11.7 Å². The van der Waals surface area contributed by atoms with Crippen molar-refractivity contribution in [3.8, 4) is 0 Å². The van der Waals surface area contributed by atoms with Gasteiger partial charge < -0.3 is 15.7 Å². The van der Waals surface area contributed by atoms with Crippen LogP contribution in [-0.4, -0.2) is 41.3 Å². The summed E-state index contributed by atoms with van der Waals surface area (Å²) in [5.41, 5.74) is 5.46. The van der Waals surface area contributed by atoms with Gasteiger partial charge in [-0.1, -0.05) is 6.92 Å². The van der Waals surface area contributed by atoms with E-state index in [0.29, 0.717) is 12.0 Å². The predicted octanol–water partition coefficient (Wildman–Crippen LogP) is 0.817. The average molecular weight is 200 g/mol. The Labute approximate surface area is 87.3 Å².